The summed E-state index contributed by atoms with van der Waals surface area (Å²) in [7, 11) is 0. The van der Waals surface area contributed by atoms with Crippen molar-refractivity contribution in [1.29, 1.82) is 0 Å². The normalized spacial score (nSPS) is 10.9. The van der Waals surface area contributed by atoms with Gasteiger partial charge in [-0.15, -0.1) is 0 Å². The first-order valence-electron chi connectivity index (χ1n) is 6.52. The van der Waals surface area contributed by atoms with Crippen molar-refractivity contribution in [3.8, 4) is 0 Å². The average molecular weight is 315 g/mol. The molecule has 0 aliphatic heterocycles. The van der Waals surface area contributed by atoms with Crippen LogP contribution in [-0.2, 0) is 16.0 Å². The van der Waals surface area contributed by atoms with Crippen LogP contribution in [0, 0.1) is 0 Å². The van der Waals surface area contributed by atoms with Gasteiger partial charge in [0, 0.05) is 0 Å². The van der Waals surface area contributed by atoms with Crippen LogP contribution in [0.1, 0.15) is 43.9 Å². The minimum absolute atomic E-state index is 0.0296. The number of halogens is 1. The van der Waals surface area contributed by atoms with E-state index in [2.05, 4.69) is 10.3 Å². The Kier molecular flexibility index (Phi) is 5.96. The second-order valence-electron chi connectivity index (χ2n) is 5.21. The summed E-state index contributed by atoms with van der Waals surface area (Å²) < 4.78 is 9.96. The van der Waals surface area contributed by atoms with Gasteiger partial charge in [0.15, 0.2) is 5.69 Å². The topological polar surface area (TPSA) is 77.5 Å². The summed E-state index contributed by atoms with van der Waals surface area (Å²) in [6.07, 6.45) is -0.558. The van der Waals surface area contributed by atoms with Crippen molar-refractivity contribution in [1.82, 2.24) is 10.3 Å². The molecule has 0 spiro atoms. The second kappa shape index (κ2) is 7.26. The molecule has 0 radical (unpaired) electrons. The van der Waals surface area contributed by atoms with Gasteiger partial charge in [-0.3, -0.25) is 0 Å². The van der Waals surface area contributed by atoms with Gasteiger partial charge in [-0.25, -0.2) is 14.6 Å². The summed E-state index contributed by atoms with van der Waals surface area (Å²) in [6, 6.07) is 3.15. The van der Waals surface area contributed by atoms with E-state index >= 15 is 0 Å². The highest BCUT2D eigenvalue weighted by Gasteiger charge is 2.17. The molecule has 1 aromatic rings. The summed E-state index contributed by atoms with van der Waals surface area (Å²) in [5, 5.41) is 2.76. The van der Waals surface area contributed by atoms with Gasteiger partial charge in [0.25, 0.3) is 0 Å². The fraction of sp³-hybridized carbons (Fsp3) is 0.500. The predicted octanol–water partition coefficient (Wildman–Crippen LogP) is 2.94. The van der Waals surface area contributed by atoms with Gasteiger partial charge in [0.2, 0.25) is 0 Å². The number of hydrogen-bond donors (Lipinski definition) is 1. The van der Waals surface area contributed by atoms with Gasteiger partial charge in [-0.05, 0) is 39.8 Å². The molecular formula is C14H19ClN2O4. The number of pyridine rings is 1. The van der Waals surface area contributed by atoms with Crippen LogP contribution in [0.5, 0.6) is 0 Å². The number of esters is 1. The highest BCUT2D eigenvalue weighted by molar-refractivity contribution is 6.33. The molecule has 1 heterocycles. The minimum atomic E-state index is -0.596. The SMILES string of the molecule is CCOC(=O)c1nc(CNC(=O)OC(C)(C)C)ccc1Cl. The first-order chi connectivity index (χ1) is 9.73. The summed E-state index contributed by atoms with van der Waals surface area (Å²) in [5.41, 5.74) is -0.0662. The van der Waals surface area contributed by atoms with E-state index in [0.29, 0.717) is 5.69 Å². The molecule has 1 rings (SSSR count). The maximum Gasteiger partial charge on any atom is 0.407 e. The molecule has 0 aromatic carbocycles. The third-order valence-electron chi connectivity index (χ3n) is 2.19. The van der Waals surface area contributed by atoms with Crippen LogP contribution in [0.15, 0.2) is 12.1 Å². The lowest BCUT2D eigenvalue weighted by Crippen LogP contribution is -2.32. The predicted molar refractivity (Wildman–Crippen MR) is 78.3 cm³/mol. The molecule has 21 heavy (non-hydrogen) atoms. The van der Waals surface area contributed by atoms with E-state index in [1.54, 1.807) is 33.8 Å². The monoisotopic (exact) mass is 314 g/mol. The molecule has 0 fully saturated rings. The van der Waals surface area contributed by atoms with E-state index < -0.39 is 17.7 Å². The lowest BCUT2D eigenvalue weighted by Gasteiger charge is -2.19. The Bertz CT molecular complexity index is 526. The number of amides is 1. The largest absolute Gasteiger partial charge is 0.461 e. The Morgan fingerprint density at radius 2 is 2.00 bits per heavy atom. The quantitative estimate of drug-likeness (QED) is 0.865. The number of nitrogens with one attached hydrogen (secondary N) is 1. The van der Waals surface area contributed by atoms with Gasteiger partial charge in [0.1, 0.15) is 5.60 Å². The molecule has 0 atom stereocenters. The van der Waals surface area contributed by atoms with Crippen LogP contribution in [-0.4, -0.2) is 29.3 Å². The molecule has 1 amide bonds. The Labute approximate surface area is 128 Å². The molecule has 0 bridgehead atoms. The number of alkyl carbamates (subject to hydrolysis) is 1. The van der Waals surface area contributed by atoms with Crippen molar-refractivity contribution in [3.05, 3.63) is 28.5 Å². The Balaban J connectivity index is 2.70. The molecule has 0 aliphatic carbocycles. The minimum Gasteiger partial charge on any atom is -0.461 e. The Morgan fingerprint density at radius 1 is 1.33 bits per heavy atom. The average Bonchev–Trinajstić information content (AvgIpc) is 2.36. The highest BCUT2D eigenvalue weighted by atomic mass is 35.5. The maximum atomic E-state index is 11.7. The summed E-state index contributed by atoms with van der Waals surface area (Å²) >= 11 is 5.90. The second-order valence-corrected chi connectivity index (χ2v) is 5.62. The maximum absolute atomic E-state index is 11.7. The molecule has 1 aromatic heterocycles. The van der Waals surface area contributed by atoms with Crippen LogP contribution < -0.4 is 5.32 Å². The van der Waals surface area contributed by atoms with Gasteiger partial charge < -0.3 is 14.8 Å². The number of carbonyl (C=O) groups excluding carboxylic acids is 2. The molecule has 1 N–H and O–H groups in total. The van der Waals surface area contributed by atoms with Gasteiger partial charge in [0.05, 0.1) is 23.9 Å². The molecular weight excluding hydrogens is 296 g/mol. The molecule has 0 saturated heterocycles. The van der Waals surface area contributed by atoms with Crippen molar-refractivity contribution in [2.75, 3.05) is 6.61 Å². The van der Waals surface area contributed by atoms with Crippen molar-refractivity contribution in [2.24, 2.45) is 0 Å². The third-order valence-corrected chi connectivity index (χ3v) is 2.49. The van der Waals surface area contributed by atoms with Crippen LogP contribution in [0.25, 0.3) is 0 Å². The third kappa shape index (κ3) is 5.99. The van der Waals surface area contributed by atoms with Crippen molar-refractivity contribution >= 4 is 23.7 Å². The lowest BCUT2D eigenvalue weighted by molar-refractivity contribution is 0.0515. The van der Waals surface area contributed by atoms with E-state index in [1.807, 2.05) is 0 Å². The summed E-state index contributed by atoms with van der Waals surface area (Å²) in [4.78, 5) is 27.3. The van der Waals surface area contributed by atoms with Gasteiger partial charge >= 0.3 is 12.1 Å². The van der Waals surface area contributed by atoms with Crippen LogP contribution in [0.4, 0.5) is 4.79 Å². The van der Waals surface area contributed by atoms with E-state index in [4.69, 9.17) is 21.1 Å². The molecule has 0 saturated carbocycles. The number of ether oxygens (including phenoxy) is 2. The molecule has 116 valence electrons. The van der Waals surface area contributed by atoms with E-state index in [9.17, 15) is 9.59 Å². The summed E-state index contributed by atoms with van der Waals surface area (Å²) in [5.74, 6) is -0.596. The van der Waals surface area contributed by atoms with Crippen LogP contribution >= 0.6 is 11.6 Å². The van der Waals surface area contributed by atoms with E-state index in [1.165, 1.54) is 6.07 Å². The van der Waals surface area contributed by atoms with Gasteiger partial charge in [-0.2, -0.15) is 0 Å². The Hall–Kier alpha value is -1.82. The zero-order chi connectivity index (χ0) is 16.0. The Morgan fingerprint density at radius 3 is 2.57 bits per heavy atom. The number of hydrogen-bond acceptors (Lipinski definition) is 5. The first-order valence-corrected chi connectivity index (χ1v) is 6.90. The zero-order valence-corrected chi connectivity index (χ0v) is 13.3. The number of rotatable bonds is 4. The summed E-state index contributed by atoms with van der Waals surface area (Å²) in [6.45, 7) is 7.36. The lowest BCUT2D eigenvalue weighted by atomic mass is 10.2. The highest BCUT2D eigenvalue weighted by Crippen LogP contribution is 2.15. The van der Waals surface area contributed by atoms with Crippen molar-refractivity contribution in [3.63, 3.8) is 0 Å². The molecule has 0 unspecified atom stereocenters. The smallest absolute Gasteiger partial charge is 0.407 e. The van der Waals surface area contributed by atoms with E-state index in [0.717, 1.165) is 0 Å². The van der Waals surface area contributed by atoms with Crippen LogP contribution in [0.2, 0.25) is 5.02 Å². The number of carbonyl (C=O) groups is 2. The van der Waals surface area contributed by atoms with Crippen molar-refractivity contribution < 1.29 is 19.1 Å². The first kappa shape index (κ1) is 17.2. The number of nitrogens with zero attached hydrogens (tertiary/aromatic N) is 1. The number of aromatic nitrogens is 1. The van der Waals surface area contributed by atoms with Crippen molar-refractivity contribution in [2.45, 2.75) is 39.8 Å². The molecule has 7 heteroatoms. The fourth-order valence-electron chi connectivity index (χ4n) is 1.40. The van der Waals surface area contributed by atoms with E-state index in [-0.39, 0.29) is 23.9 Å². The zero-order valence-electron chi connectivity index (χ0n) is 12.5. The van der Waals surface area contributed by atoms with Gasteiger partial charge in [-0.1, -0.05) is 11.6 Å². The fourth-order valence-corrected chi connectivity index (χ4v) is 1.58. The van der Waals surface area contributed by atoms with Crippen LogP contribution in [0.3, 0.4) is 0 Å². The molecule has 0 aliphatic rings. The molecule has 6 nitrogen and oxygen atoms in total. The standard InChI is InChI=1S/C14H19ClN2O4/c1-5-20-12(18)11-10(15)7-6-9(17-11)8-16-13(19)21-14(2,3)4/h6-7H,5,8H2,1-4H3,(H,16,19).